The van der Waals surface area contributed by atoms with Gasteiger partial charge >= 0.3 is 7.12 Å². The molecule has 7 heteroatoms. The molecule has 0 bridgehead atoms. The maximum atomic E-state index is 10.5. The van der Waals surface area contributed by atoms with Gasteiger partial charge in [-0.25, -0.2) is 0 Å². The van der Waals surface area contributed by atoms with Crippen LogP contribution in [-0.4, -0.2) is 34.6 Å². The first-order chi connectivity index (χ1) is 18.8. The van der Waals surface area contributed by atoms with Gasteiger partial charge in [-0.2, -0.15) is 0 Å². The van der Waals surface area contributed by atoms with Crippen molar-refractivity contribution in [3.8, 4) is 0 Å². The molecule has 1 heterocycles. The molecule has 4 rings (SSSR count). The highest BCUT2D eigenvalue weighted by Gasteiger charge is 2.51. The van der Waals surface area contributed by atoms with Gasteiger partial charge in [0.15, 0.2) is 0 Å². The van der Waals surface area contributed by atoms with E-state index in [2.05, 4.69) is 126 Å². The number of anilines is 3. The molecule has 3 aromatic rings. The highest BCUT2D eigenvalue weighted by molar-refractivity contribution is 7.42. The van der Waals surface area contributed by atoms with Crippen LogP contribution in [0.5, 0.6) is 0 Å². The zero-order chi connectivity index (χ0) is 30.4. The van der Waals surface area contributed by atoms with E-state index in [9.17, 15) is 5.11 Å². The van der Waals surface area contributed by atoms with Gasteiger partial charge in [-0.15, -0.1) is 0 Å². The molecule has 1 saturated heterocycles. The van der Waals surface area contributed by atoms with E-state index in [0.29, 0.717) is 0 Å². The Balaban J connectivity index is 1.64. The highest BCUT2D eigenvalue weighted by atomic mass is 31.1. The monoisotopic (exact) mass is 575 g/mol. The summed E-state index contributed by atoms with van der Waals surface area (Å²) in [5.41, 5.74) is 3.17. The lowest BCUT2D eigenvalue weighted by molar-refractivity contribution is -0.0833. The summed E-state index contributed by atoms with van der Waals surface area (Å²) in [5, 5.41) is 11.5. The summed E-state index contributed by atoms with van der Waals surface area (Å²) in [7, 11) is -0.272. The number of hydrogen-bond donors (Lipinski definition) is 1. The van der Waals surface area contributed by atoms with Gasteiger partial charge < -0.3 is 23.8 Å². The number of hydrogen-bond acceptors (Lipinski definition) is 5. The fourth-order valence-electron chi connectivity index (χ4n) is 4.31. The Kier molecular flexibility index (Phi) is 8.61. The average Bonchev–Trinajstić information content (AvgIpc) is 3.10. The minimum absolute atomic E-state index is 0.0767. The first kappa shape index (κ1) is 31.7. The maximum absolute atomic E-state index is 10.5. The molecule has 41 heavy (non-hydrogen) atoms. The maximum Gasteiger partial charge on any atom is 0.494 e. The summed E-state index contributed by atoms with van der Waals surface area (Å²) in [5.74, 6) is 0. The van der Waals surface area contributed by atoms with Crippen molar-refractivity contribution in [2.75, 3.05) is 4.90 Å². The first-order valence-corrected chi connectivity index (χ1v) is 15.3. The minimum Gasteiger partial charge on any atom is -0.399 e. The van der Waals surface area contributed by atoms with Crippen LogP contribution in [0.1, 0.15) is 81.7 Å². The van der Waals surface area contributed by atoms with E-state index in [1.165, 1.54) is 5.56 Å². The number of nitrogens with zero attached hydrogens (tertiary/aromatic N) is 1. The van der Waals surface area contributed by atoms with E-state index in [4.69, 9.17) is 13.8 Å². The van der Waals surface area contributed by atoms with E-state index in [1.54, 1.807) is 13.8 Å². The minimum atomic E-state index is -0.942. The van der Waals surface area contributed by atoms with E-state index >= 15 is 0 Å². The molecule has 0 aromatic heterocycles. The van der Waals surface area contributed by atoms with Crippen LogP contribution in [0.4, 0.5) is 17.1 Å². The smallest absolute Gasteiger partial charge is 0.399 e. The molecule has 0 radical (unpaired) electrons. The van der Waals surface area contributed by atoms with E-state index in [0.717, 1.165) is 27.8 Å². The summed E-state index contributed by atoms with van der Waals surface area (Å²) in [6, 6.07) is 25.7. The predicted octanol–water partition coefficient (Wildman–Crippen LogP) is 7.54. The van der Waals surface area contributed by atoms with Crippen LogP contribution in [0.3, 0.4) is 0 Å². The standard InChI is InChI=1S/C34H47BNO4P/c1-30(2,3)24-12-16-26(17-13-24)36(28-20-22-29(23-21-28)41-40-32(6,7)31(4,5)37)27-18-14-25(15-19-27)35-38-33(8,9)34(10,11)39-35/h12-23,37,41H,1-11H3. The molecule has 1 N–H and O–H groups in total. The number of aliphatic hydroxyl groups is 1. The number of benzene rings is 3. The normalized spacial score (nSPS) is 17.4. The van der Waals surface area contributed by atoms with Crippen molar-refractivity contribution in [2.24, 2.45) is 0 Å². The van der Waals surface area contributed by atoms with Gasteiger partial charge in [-0.3, -0.25) is 0 Å². The Morgan fingerprint density at radius 1 is 0.683 bits per heavy atom. The second kappa shape index (κ2) is 11.1. The quantitative estimate of drug-likeness (QED) is 0.222. The topological polar surface area (TPSA) is 51.2 Å². The molecular weight excluding hydrogens is 528 g/mol. The molecule has 1 aliphatic rings. The van der Waals surface area contributed by atoms with Crippen LogP contribution in [0, 0.1) is 0 Å². The molecule has 3 aromatic carbocycles. The van der Waals surface area contributed by atoms with Gasteiger partial charge in [0.2, 0.25) is 0 Å². The van der Waals surface area contributed by atoms with Crippen LogP contribution in [0.2, 0.25) is 0 Å². The van der Waals surface area contributed by atoms with Gasteiger partial charge in [0, 0.05) is 25.9 Å². The average molecular weight is 576 g/mol. The molecule has 0 saturated carbocycles. The van der Waals surface area contributed by atoms with Crippen molar-refractivity contribution in [3.63, 3.8) is 0 Å². The molecule has 220 valence electrons. The van der Waals surface area contributed by atoms with Crippen molar-refractivity contribution in [1.82, 2.24) is 0 Å². The second-order valence-corrected chi connectivity index (χ2v) is 15.1. The molecule has 1 atom stereocenters. The fourth-order valence-corrected chi connectivity index (χ4v) is 5.23. The summed E-state index contributed by atoms with van der Waals surface area (Å²) < 4.78 is 18.7. The van der Waals surface area contributed by atoms with Crippen molar-refractivity contribution in [2.45, 2.75) is 104 Å². The summed E-state index contributed by atoms with van der Waals surface area (Å²) in [6.07, 6.45) is 0. The molecule has 1 unspecified atom stereocenters. The molecule has 1 fully saturated rings. The SMILES string of the molecule is CC(C)(C)c1ccc(N(c2ccc(POC(C)(C)C(C)(C)O)cc2)c2ccc(B3OC(C)(C)C(C)(C)O3)cc2)cc1. The second-order valence-electron chi connectivity index (χ2n) is 14.1. The third-order valence-electron chi connectivity index (χ3n) is 8.69. The van der Waals surface area contributed by atoms with Crippen LogP contribution >= 0.6 is 8.81 Å². The van der Waals surface area contributed by atoms with Crippen LogP contribution < -0.4 is 15.7 Å². The van der Waals surface area contributed by atoms with Gasteiger partial charge in [0.1, 0.15) is 0 Å². The third-order valence-corrected chi connectivity index (χ3v) is 9.87. The fraction of sp³-hybridized carbons (Fsp3) is 0.471. The van der Waals surface area contributed by atoms with Gasteiger partial charge in [0.05, 0.1) is 22.4 Å². The van der Waals surface area contributed by atoms with E-state index in [1.807, 2.05) is 13.8 Å². The van der Waals surface area contributed by atoms with Crippen molar-refractivity contribution in [3.05, 3.63) is 78.4 Å². The van der Waals surface area contributed by atoms with E-state index in [-0.39, 0.29) is 25.4 Å². The lowest BCUT2D eigenvalue weighted by Gasteiger charge is -2.36. The predicted molar refractivity (Wildman–Crippen MR) is 175 cm³/mol. The van der Waals surface area contributed by atoms with Crippen LogP contribution in [0.15, 0.2) is 72.8 Å². The van der Waals surface area contributed by atoms with Crippen LogP contribution in [-0.2, 0) is 19.2 Å². The van der Waals surface area contributed by atoms with Crippen molar-refractivity contribution >= 4 is 43.8 Å². The molecule has 0 aliphatic carbocycles. The summed E-state index contributed by atoms with van der Waals surface area (Å²) in [6.45, 7) is 22.4. The van der Waals surface area contributed by atoms with Gasteiger partial charge in [-0.1, -0.05) is 57.2 Å². The molecule has 0 spiro atoms. The molecule has 5 nitrogen and oxygen atoms in total. The van der Waals surface area contributed by atoms with Gasteiger partial charge in [-0.05, 0) is 114 Å². The Morgan fingerprint density at radius 3 is 1.51 bits per heavy atom. The lowest BCUT2D eigenvalue weighted by atomic mass is 9.79. The zero-order valence-corrected chi connectivity index (χ0v) is 27.6. The Morgan fingerprint density at radius 2 is 1.10 bits per heavy atom. The van der Waals surface area contributed by atoms with Crippen molar-refractivity contribution < 1.29 is 18.9 Å². The summed E-state index contributed by atoms with van der Waals surface area (Å²) in [4.78, 5) is 2.26. The summed E-state index contributed by atoms with van der Waals surface area (Å²) >= 11 is 0. The Bertz CT molecular complexity index is 1310. The lowest BCUT2D eigenvalue weighted by Crippen LogP contribution is -2.45. The van der Waals surface area contributed by atoms with E-state index < -0.39 is 18.3 Å². The molecular formula is C34H47BNO4P. The Hall–Kier alpha value is -2.21. The largest absolute Gasteiger partial charge is 0.494 e. The van der Waals surface area contributed by atoms with Crippen LogP contribution in [0.25, 0.3) is 0 Å². The first-order valence-electron chi connectivity index (χ1n) is 14.4. The highest BCUT2D eigenvalue weighted by Crippen LogP contribution is 2.39. The third kappa shape index (κ3) is 6.90. The molecule has 0 amide bonds. The Labute approximate surface area is 249 Å². The number of rotatable bonds is 8. The zero-order valence-electron chi connectivity index (χ0n) is 26.6. The van der Waals surface area contributed by atoms with Gasteiger partial charge in [0.25, 0.3) is 0 Å². The van der Waals surface area contributed by atoms with Crippen molar-refractivity contribution in [1.29, 1.82) is 0 Å². The molecule has 1 aliphatic heterocycles.